The van der Waals surface area contributed by atoms with E-state index in [-0.39, 0.29) is 41.3 Å². The van der Waals surface area contributed by atoms with Crippen molar-refractivity contribution in [2.45, 2.75) is 57.7 Å². The summed E-state index contributed by atoms with van der Waals surface area (Å²) in [6.07, 6.45) is -0.733. The molecule has 134 valence electrons. The first-order valence-corrected chi connectivity index (χ1v) is 8.63. The van der Waals surface area contributed by atoms with Crippen molar-refractivity contribution in [2.24, 2.45) is 0 Å². The maximum Gasteiger partial charge on any atom is 0.445 e. The zero-order chi connectivity index (χ0) is 17.7. The van der Waals surface area contributed by atoms with Crippen LogP contribution in [0.25, 0.3) is 0 Å². The number of anilines is 1. The first-order valence-electron chi connectivity index (χ1n) is 7.81. The molecule has 0 saturated carbocycles. The molecule has 1 atom stereocenters. The van der Waals surface area contributed by atoms with Gasteiger partial charge in [0.25, 0.3) is 0 Å². The first kappa shape index (κ1) is 18.6. The van der Waals surface area contributed by atoms with Gasteiger partial charge in [-0.05, 0) is 25.7 Å². The van der Waals surface area contributed by atoms with Crippen molar-refractivity contribution in [2.75, 3.05) is 11.9 Å². The second-order valence-corrected chi connectivity index (χ2v) is 6.58. The largest absolute Gasteiger partial charge is 0.445 e. The number of carbonyl (C=O) groups excluding carboxylic acids is 2. The van der Waals surface area contributed by atoms with Crippen molar-refractivity contribution in [3.63, 3.8) is 0 Å². The SMILES string of the molecule is CC[C@@H]1CCCCN1C(=O)CCC(=O)Nc1nnc(C(F)(F)F)s1. The molecule has 1 saturated heterocycles. The molecule has 1 aromatic rings. The topological polar surface area (TPSA) is 75.2 Å². The van der Waals surface area contributed by atoms with Gasteiger partial charge in [0.1, 0.15) is 0 Å². The van der Waals surface area contributed by atoms with Crippen LogP contribution in [0.2, 0.25) is 0 Å². The molecule has 0 radical (unpaired) electrons. The minimum Gasteiger partial charge on any atom is -0.340 e. The van der Waals surface area contributed by atoms with Gasteiger partial charge >= 0.3 is 6.18 Å². The Morgan fingerprint density at radius 3 is 2.67 bits per heavy atom. The van der Waals surface area contributed by atoms with Crippen LogP contribution in [0.15, 0.2) is 0 Å². The maximum absolute atomic E-state index is 12.4. The molecule has 0 unspecified atom stereocenters. The number of nitrogens with one attached hydrogen (secondary N) is 1. The summed E-state index contributed by atoms with van der Waals surface area (Å²) < 4.78 is 37.2. The van der Waals surface area contributed by atoms with E-state index in [4.69, 9.17) is 0 Å². The number of amides is 2. The van der Waals surface area contributed by atoms with Gasteiger partial charge in [-0.3, -0.25) is 9.59 Å². The third-order valence-corrected chi connectivity index (χ3v) is 4.78. The highest BCUT2D eigenvalue weighted by Gasteiger charge is 2.35. The van der Waals surface area contributed by atoms with Crippen molar-refractivity contribution in [1.29, 1.82) is 0 Å². The Kier molecular flexibility index (Phi) is 6.14. The van der Waals surface area contributed by atoms with Crippen LogP contribution in [-0.4, -0.2) is 39.5 Å². The number of aromatic nitrogens is 2. The molecule has 24 heavy (non-hydrogen) atoms. The molecule has 0 aromatic carbocycles. The quantitative estimate of drug-likeness (QED) is 0.871. The Hall–Kier alpha value is -1.71. The predicted molar refractivity (Wildman–Crippen MR) is 82.4 cm³/mol. The van der Waals surface area contributed by atoms with Crippen LogP contribution in [0.3, 0.4) is 0 Å². The molecule has 0 bridgehead atoms. The standard InChI is InChI=1S/C14H19F3N4O2S/c1-2-9-5-3-4-8-21(9)11(23)7-6-10(22)18-13-20-19-12(24-13)14(15,16)17/h9H,2-8H2,1H3,(H,18,20,22)/t9-/m1/s1. The third-order valence-electron chi connectivity index (χ3n) is 3.90. The number of nitrogens with zero attached hydrogens (tertiary/aromatic N) is 3. The van der Waals surface area contributed by atoms with Gasteiger partial charge < -0.3 is 10.2 Å². The van der Waals surface area contributed by atoms with Gasteiger partial charge in [0.05, 0.1) is 0 Å². The summed E-state index contributed by atoms with van der Waals surface area (Å²) in [6, 6.07) is 0.215. The Balaban J connectivity index is 1.82. The number of piperidine rings is 1. The summed E-state index contributed by atoms with van der Waals surface area (Å²) >= 11 is 0.260. The molecule has 1 N–H and O–H groups in total. The molecule has 1 aliphatic heterocycles. The molecule has 1 aliphatic rings. The van der Waals surface area contributed by atoms with E-state index in [1.165, 1.54) is 0 Å². The Bertz CT molecular complexity index is 591. The van der Waals surface area contributed by atoms with Crippen molar-refractivity contribution in [1.82, 2.24) is 15.1 Å². The molecular formula is C14H19F3N4O2S. The van der Waals surface area contributed by atoms with Crippen molar-refractivity contribution in [3.05, 3.63) is 5.01 Å². The van der Waals surface area contributed by atoms with Crippen LogP contribution in [0.5, 0.6) is 0 Å². The van der Waals surface area contributed by atoms with E-state index in [0.29, 0.717) is 6.54 Å². The van der Waals surface area contributed by atoms with Crippen molar-refractivity contribution < 1.29 is 22.8 Å². The fourth-order valence-corrected chi connectivity index (χ4v) is 3.31. The van der Waals surface area contributed by atoms with E-state index < -0.39 is 17.1 Å². The van der Waals surface area contributed by atoms with Gasteiger partial charge in [-0.1, -0.05) is 18.3 Å². The normalized spacial score (nSPS) is 18.5. The number of likely N-dealkylation sites (tertiary alicyclic amines) is 1. The lowest BCUT2D eigenvalue weighted by molar-refractivity contribution is -0.138. The number of alkyl halides is 3. The van der Waals surface area contributed by atoms with Crippen LogP contribution in [0.4, 0.5) is 18.3 Å². The van der Waals surface area contributed by atoms with Gasteiger partial charge in [-0.2, -0.15) is 13.2 Å². The minimum absolute atomic E-state index is 0.0350. The Morgan fingerprint density at radius 1 is 1.29 bits per heavy atom. The van der Waals surface area contributed by atoms with Crippen LogP contribution in [0, 0.1) is 0 Å². The summed E-state index contributed by atoms with van der Waals surface area (Å²) in [5.74, 6) is -0.636. The lowest BCUT2D eigenvalue weighted by Gasteiger charge is -2.35. The van der Waals surface area contributed by atoms with Crippen LogP contribution < -0.4 is 5.32 Å². The highest BCUT2D eigenvalue weighted by atomic mass is 32.1. The maximum atomic E-state index is 12.4. The summed E-state index contributed by atoms with van der Waals surface area (Å²) in [5, 5.41) is 7.19. The Morgan fingerprint density at radius 2 is 2.04 bits per heavy atom. The second kappa shape index (κ2) is 7.91. The molecule has 0 aliphatic carbocycles. The van der Waals surface area contributed by atoms with Gasteiger partial charge in [0, 0.05) is 25.4 Å². The van der Waals surface area contributed by atoms with Gasteiger partial charge in [0.2, 0.25) is 22.0 Å². The van der Waals surface area contributed by atoms with E-state index in [2.05, 4.69) is 15.5 Å². The van der Waals surface area contributed by atoms with E-state index in [0.717, 1.165) is 25.7 Å². The fraction of sp³-hybridized carbons (Fsp3) is 0.714. The van der Waals surface area contributed by atoms with Gasteiger partial charge in [-0.25, -0.2) is 0 Å². The van der Waals surface area contributed by atoms with Crippen molar-refractivity contribution >= 4 is 28.3 Å². The zero-order valence-corrected chi connectivity index (χ0v) is 14.0. The number of carbonyl (C=O) groups is 2. The fourth-order valence-electron chi connectivity index (χ4n) is 2.69. The van der Waals surface area contributed by atoms with E-state index >= 15 is 0 Å². The number of rotatable bonds is 5. The summed E-state index contributed by atoms with van der Waals surface area (Å²) in [5.41, 5.74) is 0. The minimum atomic E-state index is -4.58. The average molecular weight is 364 g/mol. The predicted octanol–water partition coefficient (Wildman–Crippen LogP) is 3.07. The molecule has 0 spiro atoms. The highest BCUT2D eigenvalue weighted by Crippen LogP contribution is 2.33. The van der Waals surface area contributed by atoms with Gasteiger partial charge in [0.15, 0.2) is 0 Å². The molecular weight excluding hydrogens is 345 g/mol. The molecule has 2 rings (SSSR count). The molecule has 1 aromatic heterocycles. The van der Waals surface area contributed by atoms with Gasteiger partial charge in [-0.15, -0.1) is 10.2 Å². The molecule has 2 heterocycles. The van der Waals surface area contributed by atoms with E-state index in [9.17, 15) is 22.8 Å². The lowest BCUT2D eigenvalue weighted by atomic mass is 9.99. The molecule has 10 heteroatoms. The van der Waals surface area contributed by atoms with E-state index in [1.54, 1.807) is 0 Å². The third kappa shape index (κ3) is 4.89. The summed E-state index contributed by atoms with van der Waals surface area (Å²) in [4.78, 5) is 25.8. The number of hydrogen-bond donors (Lipinski definition) is 1. The number of halogens is 3. The summed E-state index contributed by atoms with van der Waals surface area (Å²) in [6.45, 7) is 2.72. The molecule has 1 fully saturated rings. The second-order valence-electron chi connectivity index (χ2n) is 5.60. The Labute approximate surface area is 141 Å². The van der Waals surface area contributed by atoms with E-state index in [1.807, 2.05) is 11.8 Å². The smallest absolute Gasteiger partial charge is 0.340 e. The van der Waals surface area contributed by atoms with Crippen LogP contribution >= 0.6 is 11.3 Å². The highest BCUT2D eigenvalue weighted by molar-refractivity contribution is 7.15. The van der Waals surface area contributed by atoms with Crippen LogP contribution in [-0.2, 0) is 15.8 Å². The monoisotopic (exact) mass is 364 g/mol. The first-order chi connectivity index (χ1) is 11.3. The lowest BCUT2D eigenvalue weighted by Crippen LogP contribution is -2.43. The van der Waals surface area contributed by atoms with Crippen LogP contribution in [0.1, 0.15) is 50.5 Å². The zero-order valence-electron chi connectivity index (χ0n) is 13.2. The summed E-state index contributed by atoms with van der Waals surface area (Å²) in [7, 11) is 0. The average Bonchev–Trinajstić information content (AvgIpc) is 3.01. The van der Waals surface area contributed by atoms with Crippen molar-refractivity contribution in [3.8, 4) is 0 Å². The number of hydrogen-bond acceptors (Lipinski definition) is 5. The molecule has 2 amide bonds. The molecule has 6 nitrogen and oxygen atoms in total.